The summed E-state index contributed by atoms with van der Waals surface area (Å²) in [5.41, 5.74) is 8.98. The molecule has 0 bridgehead atoms. The molecule has 1 unspecified atom stereocenters. The van der Waals surface area contributed by atoms with E-state index in [1.165, 1.54) is 11.5 Å². The van der Waals surface area contributed by atoms with Gasteiger partial charge in [0.2, 0.25) is 0 Å². The second-order valence-electron chi connectivity index (χ2n) is 4.98. The molecule has 0 saturated carbocycles. The van der Waals surface area contributed by atoms with E-state index in [1.807, 2.05) is 55.5 Å². The zero-order valence-corrected chi connectivity index (χ0v) is 12.4. The minimum Gasteiger partial charge on any atom is -0.389 e. The first-order valence-corrected chi connectivity index (χ1v) is 7.49. The molecule has 21 heavy (non-hydrogen) atoms. The van der Waals surface area contributed by atoms with Crippen molar-refractivity contribution >= 4 is 16.5 Å². The summed E-state index contributed by atoms with van der Waals surface area (Å²) in [5, 5.41) is 0.679. The predicted molar refractivity (Wildman–Crippen MR) is 85.9 cm³/mol. The van der Waals surface area contributed by atoms with Gasteiger partial charge in [-0.25, -0.2) is 4.39 Å². The topological polar surface area (TPSA) is 38.9 Å². The average Bonchev–Trinajstić information content (AvgIpc) is 2.94. The highest BCUT2D eigenvalue weighted by Gasteiger charge is 2.14. The quantitative estimate of drug-likeness (QED) is 0.762. The van der Waals surface area contributed by atoms with Crippen LogP contribution in [0.25, 0.3) is 11.1 Å². The molecule has 2 N–H and O–H groups in total. The van der Waals surface area contributed by atoms with E-state index in [0.717, 1.165) is 16.8 Å². The lowest BCUT2D eigenvalue weighted by Gasteiger charge is -2.11. The van der Waals surface area contributed by atoms with E-state index < -0.39 is 0 Å². The molecule has 0 aliphatic rings. The van der Waals surface area contributed by atoms with E-state index in [2.05, 4.69) is 4.37 Å². The molecule has 2 nitrogen and oxygen atoms in total. The highest BCUT2D eigenvalue weighted by molar-refractivity contribution is 7.10. The van der Waals surface area contributed by atoms with E-state index in [9.17, 15) is 4.39 Å². The maximum Gasteiger partial charge on any atom is 0.131 e. The number of anilines is 1. The lowest BCUT2D eigenvalue weighted by atomic mass is 9.95. The maximum absolute atomic E-state index is 14.4. The minimum absolute atomic E-state index is 0.0258. The van der Waals surface area contributed by atoms with Gasteiger partial charge in [-0.3, -0.25) is 0 Å². The van der Waals surface area contributed by atoms with E-state index in [4.69, 9.17) is 5.73 Å². The van der Waals surface area contributed by atoms with Gasteiger partial charge in [0.15, 0.2) is 0 Å². The Labute approximate surface area is 127 Å². The number of hydrogen-bond donors (Lipinski definition) is 1. The molecule has 106 valence electrons. The van der Waals surface area contributed by atoms with Gasteiger partial charge in [-0.15, -0.1) is 0 Å². The van der Waals surface area contributed by atoms with Crippen molar-refractivity contribution in [3.8, 4) is 11.1 Å². The van der Waals surface area contributed by atoms with Gasteiger partial charge in [0.25, 0.3) is 0 Å². The van der Waals surface area contributed by atoms with E-state index in [-0.39, 0.29) is 11.7 Å². The molecule has 0 aliphatic heterocycles. The van der Waals surface area contributed by atoms with Crippen LogP contribution in [-0.4, -0.2) is 4.37 Å². The Bertz CT molecular complexity index is 752. The average molecular weight is 298 g/mol. The number of benzene rings is 2. The summed E-state index contributed by atoms with van der Waals surface area (Å²) in [5.74, 6) is -0.188. The highest BCUT2D eigenvalue weighted by Crippen LogP contribution is 2.30. The minimum atomic E-state index is -0.214. The summed E-state index contributed by atoms with van der Waals surface area (Å²) in [4.78, 5) is 0. The largest absolute Gasteiger partial charge is 0.389 e. The van der Waals surface area contributed by atoms with Gasteiger partial charge in [0.05, 0.1) is 5.69 Å². The molecule has 0 radical (unpaired) electrons. The zero-order chi connectivity index (χ0) is 14.8. The highest BCUT2D eigenvalue weighted by atomic mass is 32.1. The van der Waals surface area contributed by atoms with Crippen molar-refractivity contribution in [3.05, 3.63) is 71.7 Å². The Morgan fingerprint density at radius 1 is 1.10 bits per heavy atom. The Hall–Kier alpha value is -2.20. The van der Waals surface area contributed by atoms with E-state index in [1.54, 1.807) is 6.07 Å². The second-order valence-corrected chi connectivity index (χ2v) is 5.82. The number of halogens is 1. The molecule has 0 saturated heterocycles. The molecular formula is C17H15FN2S. The van der Waals surface area contributed by atoms with E-state index >= 15 is 0 Å². The molecule has 1 heterocycles. The number of rotatable bonds is 3. The van der Waals surface area contributed by atoms with Crippen molar-refractivity contribution in [1.82, 2.24) is 4.37 Å². The Morgan fingerprint density at radius 3 is 2.48 bits per heavy atom. The molecule has 3 rings (SSSR count). The van der Waals surface area contributed by atoms with Crippen molar-refractivity contribution in [3.63, 3.8) is 0 Å². The number of nitrogens with zero attached hydrogens (tertiary/aromatic N) is 1. The van der Waals surface area contributed by atoms with Crippen LogP contribution in [0.1, 0.15) is 24.1 Å². The molecular weight excluding hydrogens is 283 g/mol. The van der Waals surface area contributed by atoms with Crippen LogP contribution in [0.3, 0.4) is 0 Å². The SMILES string of the molecule is CC(c1ccc(-c2ccccc2)c(F)c1)c1cc(N)sn1. The van der Waals surface area contributed by atoms with Gasteiger partial charge in [-0.2, -0.15) is 4.37 Å². The lowest BCUT2D eigenvalue weighted by molar-refractivity contribution is 0.627. The smallest absolute Gasteiger partial charge is 0.131 e. The zero-order valence-electron chi connectivity index (χ0n) is 11.6. The van der Waals surface area contributed by atoms with Gasteiger partial charge in [0, 0.05) is 11.5 Å². The first-order valence-electron chi connectivity index (χ1n) is 6.72. The number of nitrogen functional groups attached to an aromatic ring is 1. The van der Waals surface area contributed by atoms with Crippen molar-refractivity contribution in [2.75, 3.05) is 5.73 Å². The lowest BCUT2D eigenvalue weighted by Crippen LogP contribution is -1.98. The third kappa shape index (κ3) is 2.81. The van der Waals surface area contributed by atoms with Gasteiger partial charge >= 0.3 is 0 Å². The molecule has 4 heteroatoms. The Kier molecular flexibility index (Phi) is 3.71. The molecule has 0 amide bonds. The fourth-order valence-corrected chi connectivity index (χ4v) is 2.93. The molecule has 2 aromatic carbocycles. The number of aromatic nitrogens is 1. The van der Waals surface area contributed by atoms with Crippen LogP contribution in [0, 0.1) is 5.82 Å². The molecule has 0 fully saturated rings. The molecule has 1 aromatic heterocycles. The fraction of sp³-hybridized carbons (Fsp3) is 0.118. The van der Waals surface area contributed by atoms with E-state index in [0.29, 0.717) is 10.6 Å². The maximum atomic E-state index is 14.4. The monoisotopic (exact) mass is 298 g/mol. The van der Waals surface area contributed by atoms with Crippen LogP contribution in [0.5, 0.6) is 0 Å². The molecule has 0 spiro atoms. The molecule has 3 aromatic rings. The summed E-state index contributed by atoms with van der Waals surface area (Å²) in [7, 11) is 0. The van der Waals surface area contributed by atoms with Crippen LogP contribution in [0.15, 0.2) is 54.6 Å². The van der Waals surface area contributed by atoms with Crippen molar-refractivity contribution in [1.29, 1.82) is 0 Å². The number of nitrogens with two attached hydrogens (primary N) is 1. The van der Waals surface area contributed by atoms with Crippen LogP contribution in [-0.2, 0) is 0 Å². The fourth-order valence-electron chi connectivity index (χ4n) is 2.33. The standard InChI is InChI=1S/C17H15FN2S/c1-11(16-10-17(19)21-20-16)13-7-8-14(15(18)9-13)12-5-3-2-4-6-12/h2-11H,19H2,1H3. The third-order valence-electron chi connectivity index (χ3n) is 3.57. The van der Waals surface area contributed by atoms with Crippen molar-refractivity contribution in [2.24, 2.45) is 0 Å². The molecule has 1 atom stereocenters. The van der Waals surface area contributed by atoms with Gasteiger partial charge in [-0.05, 0) is 34.8 Å². The normalized spacial score (nSPS) is 12.3. The van der Waals surface area contributed by atoms with Crippen LogP contribution >= 0.6 is 11.5 Å². The Balaban J connectivity index is 1.94. The van der Waals surface area contributed by atoms with Crippen LogP contribution in [0.2, 0.25) is 0 Å². The summed E-state index contributed by atoms with van der Waals surface area (Å²) < 4.78 is 18.7. The summed E-state index contributed by atoms with van der Waals surface area (Å²) in [6, 6.07) is 16.8. The molecule has 0 aliphatic carbocycles. The summed E-state index contributed by atoms with van der Waals surface area (Å²) in [6.45, 7) is 2.01. The third-order valence-corrected chi connectivity index (χ3v) is 4.20. The van der Waals surface area contributed by atoms with Gasteiger partial charge < -0.3 is 5.73 Å². The second kappa shape index (κ2) is 5.66. The van der Waals surface area contributed by atoms with Crippen LogP contribution < -0.4 is 5.73 Å². The number of hydrogen-bond acceptors (Lipinski definition) is 3. The van der Waals surface area contributed by atoms with Crippen molar-refractivity contribution in [2.45, 2.75) is 12.8 Å². The summed E-state index contributed by atoms with van der Waals surface area (Å²) >= 11 is 1.27. The summed E-state index contributed by atoms with van der Waals surface area (Å²) in [6.07, 6.45) is 0. The Morgan fingerprint density at radius 2 is 1.86 bits per heavy atom. The van der Waals surface area contributed by atoms with Gasteiger partial charge in [-0.1, -0.05) is 49.4 Å². The predicted octanol–water partition coefficient (Wildman–Crippen LogP) is 4.68. The first kappa shape index (κ1) is 13.8. The van der Waals surface area contributed by atoms with Crippen LogP contribution in [0.4, 0.5) is 9.39 Å². The first-order chi connectivity index (χ1) is 10.1. The van der Waals surface area contributed by atoms with Crippen molar-refractivity contribution < 1.29 is 4.39 Å². The van der Waals surface area contributed by atoms with Gasteiger partial charge in [0.1, 0.15) is 10.8 Å².